The summed E-state index contributed by atoms with van der Waals surface area (Å²) in [4.78, 5) is 57.0. The van der Waals surface area contributed by atoms with Crippen LogP contribution in [0, 0.1) is 50.2 Å². The van der Waals surface area contributed by atoms with Crippen molar-refractivity contribution >= 4 is 30.0 Å². The number of benzene rings is 1. The average molecular weight is 1630 g/mol. The van der Waals surface area contributed by atoms with Crippen molar-refractivity contribution in [2.24, 2.45) is 50.2 Å². The lowest BCUT2D eigenvalue weighted by Gasteiger charge is -2.71. The molecule has 1 aromatic carbocycles. The highest BCUT2D eigenvalue weighted by Gasteiger charge is 2.74. The standard InChI is InChI=1S/C77H114O37/c1-31-59(110-64-54(92)49(87)42(29-102-64)107-66-55(93)50(88)46(84)39(26-78)105-66)53(91)58(96)65(103-31)112-62-61(111-67-56(94)52(90)48(86)41(108-67)28-101-33(3)81)60(109-45(83)17-12-34-10-13-35(100-9)14-11-34)32(2)104-69(62)114-71(99)76-21-20-72(4,5)24-37(76)36-15-16-43-73(6)25-38(82)63(113-68-57(95)51(89)47(85)40(27-79)106-68)75(8,70(97)98)44(73)18-19-74(43,7)77(36,30-80)23-22-76/h10-15,17,31-32,37-44,46-69,78-80,82,84-96H,16,18-30H2,1-9H3,(H,97,98)/b17-12+/t31-,32+,37-,38-,39+,40+,41+,42+,43+,44?,46-,47+,48+,49-,50-,51-,52-,53-,54+,55+,56+,57+,58+,59-,60-,61-,62+,63-,64-,65-,66-,67-,68-,69-,73+,74+,75-,76-,77-/m0/s1. The molecule has 644 valence electrons. The molecule has 4 saturated carbocycles. The van der Waals surface area contributed by atoms with Gasteiger partial charge in [-0.15, -0.1) is 0 Å². The number of allylic oxidation sites excluding steroid dienone is 1. The number of hydrogen-bond donors (Lipinski definition) is 18. The van der Waals surface area contributed by atoms with Crippen molar-refractivity contribution in [2.75, 3.05) is 40.1 Å². The molecule has 11 aliphatic rings. The molecule has 0 radical (unpaired) electrons. The number of hydrogen-bond acceptors (Lipinski definition) is 36. The molecule has 6 heterocycles. The molecule has 1 unspecified atom stereocenters. The third-order valence-corrected chi connectivity index (χ3v) is 27.2. The van der Waals surface area contributed by atoms with E-state index < -0.39 is 297 Å². The van der Waals surface area contributed by atoms with Gasteiger partial charge in [0.1, 0.15) is 134 Å². The van der Waals surface area contributed by atoms with Gasteiger partial charge >= 0.3 is 23.9 Å². The van der Waals surface area contributed by atoms with E-state index >= 15 is 4.79 Å². The molecule has 10 fully saturated rings. The molecule has 12 rings (SSSR count). The Morgan fingerprint density at radius 3 is 1.68 bits per heavy atom. The lowest BCUT2D eigenvalue weighted by Crippen LogP contribution is -2.71. The number of aliphatic hydroxyl groups is 17. The fourth-order valence-electron chi connectivity index (χ4n) is 20.7. The fraction of sp³-hybridized carbons (Fsp3) is 0.818. The number of fused-ring (bicyclic) bond motifs is 7. The van der Waals surface area contributed by atoms with Crippen LogP contribution in [0.15, 0.2) is 42.0 Å². The summed E-state index contributed by atoms with van der Waals surface area (Å²) in [6.45, 7) is 10.0. The minimum Gasteiger partial charge on any atom is -0.497 e. The molecule has 1 aromatic rings. The smallest absolute Gasteiger partial charge is 0.331 e. The van der Waals surface area contributed by atoms with E-state index in [4.69, 9.17) is 71.1 Å². The third-order valence-electron chi connectivity index (χ3n) is 27.2. The fourth-order valence-corrected chi connectivity index (χ4v) is 20.7. The molecular weight excluding hydrogens is 1520 g/mol. The maximum absolute atomic E-state index is 16.5. The van der Waals surface area contributed by atoms with Crippen molar-refractivity contribution in [1.29, 1.82) is 0 Å². The van der Waals surface area contributed by atoms with E-state index in [-0.39, 0.29) is 38.5 Å². The number of ether oxygens (including phenoxy) is 15. The molecule has 18 N–H and O–H groups in total. The Morgan fingerprint density at radius 1 is 0.544 bits per heavy atom. The highest BCUT2D eigenvalue weighted by atomic mass is 16.8. The zero-order chi connectivity index (χ0) is 83.1. The van der Waals surface area contributed by atoms with Crippen molar-refractivity contribution < 1.29 is 182 Å². The monoisotopic (exact) mass is 1630 g/mol. The summed E-state index contributed by atoms with van der Waals surface area (Å²) in [6.07, 6.45) is -50.1. The van der Waals surface area contributed by atoms with Crippen LogP contribution in [0.5, 0.6) is 5.75 Å². The second kappa shape index (κ2) is 34.4. The summed E-state index contributed by atoms with van der Waals surface area (Å²) in [6, 6.07) is 6.55. The molecule has 0 bridgehead atoms. The lowest BCUT2D eigenvalue weighted by atomic mass is 9.33. The zero-order valence-corrected chi connectivity index (χ0v) is 64.9. The summed E-state index contributed by atoms with van der Waals surface area (Å²) < 4.78 is 90.6. The molecule has 37 nitrogen and oxygen atoms in total. The summed E-state index contributed by atoms with van der Waals surface area (Å²) in [5.41, 5.74) is -5.64. The summed E-state index contributed by atoms with van der Waals surface area (Å²) in [5, 5.41) is 202. The predicted molar refractivity (Wildman–Crippen MR) is 379 cm³/mol. The first-order valence-electron chi connectivity index (χ1n) is 39.0. The first-order chi connectivity index (χ1) is 53.7. The molecule has 0 spiro atoms. The van der Waals surface area contributed by atoms with Crippen molar-refractivity contribution in [3.05, 3.63) is 47.6 Å². The summed E-state index contributed by atoms with van der Waals surface area (Å²) in [7, 11) is 1.47. The molecule has 5 aliphatic carbocycles. The number of carbonyl (C=O) groups excluding carboxylic acids is 3. The zero-order valence-electron chi connectivity index (χ0n) is 64.9. The van der Waals surface area contributed by atoms with Gasteiger partial charge in [-0.1, -0.05) is 51.5 Å². The Labute approximate surface area is 657 Å². The second-order valence-electron chi connectivity index (χ2n) is 34.4. The number of carboxylic acids is 1. The van der Waals surface area contributed by atoms with Gasteiger partial charge < -0.3 is 163 Å². The molecule has 0 aromatic heterocycles. The van der Waals surface area contributed by atoms with Crippen LogP contribution in [0.4, 0.5) is 0 Å². The van der Waals surface area contributed by atoms with Crippen molar-refractivity contribution in [2.45, 2.75) is 304 Å². The third kappa shape index (κ3) is 16.0. The van der Waals surface area contributed by atoms with Crippen LogP contribution in [-0.4, -0.2) is 346 Å². The van der Waals surface area contributed by atoms with E-state index in [1.807, 2.05) is 26.8 Å². The highest BCUT2D eigenvalue weighted by Crippen LogP contribution is 2.76. The van der Waals surface area contributed by atoms with Crippen molar-refractivity contribution in [1.82, 2.24) is 0 Å². The van der Waals surface area contributed by atoms with Gasteiger partial charge in [0, 0.05) is 18.4 Å². The van der Waals surface area contributed by atoms with Crippen LogP contribution in [0.25, 0.3) is 6.08 Å². The molecular formula is C77H114O37. The maximum Gasteiger partial charge on any atom is 0.331 e. The average Bonchev–Trinajstić information content (AvgIpc) is 0.670. The number of methoxy groups -OCH3 is 1. The van der Waals surface area contributed by atoms with Gasteiger partial charge in [-0.05, 0) is 136 Å². The predicted octanol–water partition coefficient (Wildman–Crippen LogP) is -3.84. The van der Waals surface area contributed by atoms with Gasteiger partial charge in [0.25, 0.3) is 0 Å². The molecule has 6 aliphatic heterocycles. The van der Waals surface area contributed by atoms with E-state index in [0.717, 1.165) is 18.6 Å². The van der Waals surface area contributed by atoms with Crippen LogP contribution >= 0.6 is 0 Å². The Kier molecular flexibility index (Phi) is 26.7. The van der Waals surface area contributed by atoms with Crippen LogP contribution in [0.3, 0.4) is 0 Å². The molecule has 0 amide bonds. The van der Waals surface area contributed by atoms with Crippen LogP contribution in [-0.2, 0) is 85.5 Å². The van der Waals surface area contributed by atoms with Gasteiger partial charge in [0.05, 0.1) is 62.7 Å². The Hall–Kier alpha value is -4.74. The van der Waals surface area contributed by atoms with Gasteiger partial charge in [0.2, 0.25) is 6.29 Å². The second-order valence-corrected chi connectivity index (χ2v) is 34.4. The van der Waals surface area contributed by atoms with Crippen LogP contribution in [0.1, 0.15) is 119 Å². The first-order valence-corrected chi connectivity index (χ1v) is 39.0. The van der Waals surface area contributed by atoms with Crippen LogP contribution < -0.4 is 4.74 Å². The number of aliphatic hydroxyl groups excluding tert-OH is 17. The Bertz CT molecular complexity index is 3570. The van der Waals surface area contributed by atoms with E-state index in [0.29, 0.717) is 30.6 Å². The van der Waals surface area contributed by atoms with E-state index in [1.54, 1.807) is 24.3 Å². The summed E-state index contributed by atoms with van der Waals surface area (Å²) >= 11 is 0. The highest BCUT2D eigenvalue weighted by molar-refractivity contribution is 5.87. The molecule has 39 atom stereocenters. The minimum atomic E-state index is -2.24. The van der Waals surface area contributed by atoms with Gasteiger partial charge in [0.15, 0.2) is 43.7 Å². The number of esters is 3. The largest absolute Gasteiger partial charge is 0.497 e. The maximum atomic E-state index is 16.5. The van der Waals surface area contributed by atoms with Crippen molar-refractivity contribution in [3.8, 4) is 5.75 Å². The van der Waals surface area contributed by atoms with Gasteiger partial charge in [-0.2, -0.15) is 0 Å². The quantitative estimate of drug-likeness (QED) is 0.0174. The van der Waals surface area contributed by atoms with Gasteiger partial charge in [-0.3, -0.25) is 14.4 Å². The number of rotatable bonds is 22. The first kappa shape index (κ1) is 88.5. The molecule has 6 saturated heterocycles. The number of carbonyl (C=O) groups is 4. The molecule has 114 heavy (non-hydrogen) atoms. The normalized spacial score (nSPS) is 48.8. The topological polar surface area (TPSA) is 571 Å². The number of carboxylic acid groups (broad SMARTS) is 1. The Morgan fingerprint density at radius 2 is 1.08 bits per heavy atom. The molecule has 37 heteroatoms. The minimum absolute atomic E-state index is 0.0461. The number of aliphatic carboxylic acids is 1. The van der Waals surface area contributed by atoms with Crippen molar-refractivity contribution in [3.63, 3.8) is 0 Å². The summed E-state index contributed by atoms with van der Waals surface area (Å²) in [5.74, 6) is -5.50. The van der Waals surface area contributed by atoms with E-state index in [2.05, 4.69) is 6.92 Å². The lowest BCUT2D eigenvalue weighted by molar-refractivity contribution is -0.393. The van der Waals surface area contributed by atoms with E-state index in [1.165, 1.54) is 34.0 Å². The Balaban J connectivity index is 0.871. The van der Waals surface area contributed by atoms with E-state index in [9.17, 15) is 106 Å². The van der Waals surface area contributed by atoms with Gasteiger partial charge in [-0.25, -0.2) is 4.79 Å². The SMILES string of the molecule is COc1ccc(/C=C/C(=O)O[C@@H]2[C@H](O[C@@H]3O[C@H](COC(C)=O)[C@@H](O)[C@H](O)[C@H]3O)[C@@H](O[C@@H]3O[C@@H](C)[C@H](O[C@@H]4OC[C@@H](O[C@@H]5O[C@H](CO)[C@H](O)[C@H](O)[C@H]5O)[C@H](O)[C@H]4O)[C@@H](O)[C@H]3O)[C@H](OC(=O)[C@]34CCC(C)(C)C[C@H]3C3=CC[C@@H]5[C@@]6(C)C[C@H](O)[C@H](O[C@@H]7O[C@H](CO)[C@@H](O)[C@H](O)[C@H]7O)[C@@](C)(C(=O)O)C6CC[C@@]5(C)[C@]3(CO)CC4)O[C@@H]2C)cc1. The van der Waals surface area contributed by atoms with Crippen LogP contribution in [0.2, 0.25) is 0 Å².